The van der Waals surface area contributed by atoms with Crippen molar-refractivity contribution < 1.29 is 18.3 Å². The third-order valence-electron chi connectivity index (χ3n) is 2.90. The van der Waals surface area contributed by atoms with Gasteiger partial charge in [-0.3, -0.25) is 9.48 Å². The normalized spacial score (nSPS) is 12.7. The molecule has 1 aromatic rings. The molecule has 0 saturated heterocycles. The molecule has 0 amide bonds. The van der Waals surface area contributed by atoms with Crippen molar-refractivity contribution in [3.8, 4) is 0 Å². The summed E-state index contributed by atoms with van der Waals surface area (Å²) in [7, 11) is -2.29. The summed E-state index contributed by atoms with van der Waals surface area (Å²) in [6, 6.07) is 0. The monoisotopic (exact) mass is 294 g/mol. The molecule has 8 heteroatoms. The van der Waals surface area contributed by atoms with Crippen molar-refractivity contribution in [3.63, 3.8) is 0 Å². The van der Waals surface area contributed by atoms with Gasteiger partial charge in [0.15, 0.2) is 14.6 Å². The molecule has 0 unspecified atom stereocenters. The first-order chi connectivity index (χ1) is 8.00. The van der Waals surface area contributed by atoms with E-state index in [1.165, 1.54) is 4.68 Å². The van der Waals surface area contributed by atoms with Crippen LogP contribution in [0.1, 0.15) is 25.1 Å². The third kappa shape index (κ3) is 2.37. The Morgan fingerprint density at radius 1 is 1.50 bits per heavy atom. The van der Waals surface area contributed by atoms with Gasteiger partial charge in [-0.2, -0.15) is 5.10 Å². The van der Waals surface area contributed by atoms with Crippen LogP contribution in [0, 0.1) is 6.92 Å². The molecule has 0 bridgehead atoms. The van der Waals surface area contributed by atoms with Crippen LogP contribution in [0.15, 0.2) is 0 Å². The Hall–Kier alpha value is -1.08. The van der Waals surface area contributed by atoms with Gasteiger partial charge >= 0.3 is 5.97 Å². The molecule has 6 nitrogen and oxygen atoms in total. The SMILES string of the molecule is Cc1nn(C)c(Cl)c1CS(=O)(=O)C(C)(C)C(=O)O. The van der Waals surface area contributed by atoms with Gasteiger partial charge in [-0.1, -0.05) is 11.6 Å². The minimum absolute atomic E-state index is 0.206. The van der Waals surface area contributed by atoms with Crippen molar-refractivity contribution in [3.05, 3.63) is 16.4 Å². The van der Waals surface area contributed by atoms with Gasteiger partial charge in [0.05, 0.1) is 11.4 Å². The van der Waals surface area contributed by atoms with E-state index in [4.69, 9.17) is 16.7 Å². The fourth-order valence-electron chi connectivity index (χ4n) is 1.34. The highest BCUT2D eigenvalue weighted by Gasteiger charge is 2.42. The Bertz CT molecular complexity index is 589. The number of aliphatic carboxylic acids is 1. The Morgan fingerprint density at radius 2 is 2.00 bits per heavy atom. The minimum atomic E-state index is -3.88. The summed E-state index contributed by atoms with van der Waals surface area (Å²) in [6.07, 6.45) is 0. The van der Waals surface area contributed by atoms with E-state index in [0.717, 1.165) is 13.8 Å². The number of carbonyl (C=O) groups is 1. The first-order valence-electron chi connectivity index (χ1n) is 5.14. The van der Waals surface area contributed by atoms with E-state index in [1.54, 1.807) is 14.0 Å². The number of halogens is 1. The lowest BCUT2D eigenvalue weighted by molar-refractivity contribution is -0.139. The smallest absolute Gasteiger partial charge is 0.324 e. The number of sulfone groups is 1. The quantitative estimate of drug-likeness (QED) is 0.900. The summed E-state index contributed by atoms with van der Waals surface area (Å²) in [4.78, 5) is 11.0. The van der Waals surface area contributed by atoms with Crippen molar-refractivity contribution in [2.45, 2.75) is 31.3 Å². The van der Waals surface area contributed by atoms with Crippen LogP contribution >= 0.6 is 11.6 Å². The Balaban J connectivity index is 3.23. The van der Waals surface area contributed by atoms with Crippen LogP contribution in [-0.2, 0) is 27.4 Å². The Labute approximate surface area is 110 Å². The first kappa shape index (κ1) is 15.0. The molecule has 0 saturated carbocycles. The summed E-state index contributed by atoms with van der Waals surface area (Å²) in [5.74, 6) is -1.83. The van der Waals surface area contributed by atoms with E-state index in [9.17, 15) is 13.2 Å². The van der Waals surface area contributed by atoms with Gasteiger partial charge in [0.25, 0.3) is 0 Å². The second-order valence-electron chi connectivity index (χ2n) is 4.55. The molecule has 1 N–H and O–H groups in total. The number of aryl methyl sites for hydroxylation is 2. The number of hydrogen-bond acceptors (Lipinski definition) is 4. The average Bonchev–Trinajstić information content (AvgIpc) is 2.44. The van der Waals surface area contributed by atoms with Gasteiger partial charge < -0.3 is 5.11 Å². The molecule has 1 aromatic heterocycles. The summed E-state index contributed by atoms with van der Waals surface area (Å²) >= 11 is 5.94. The van der Waals surface area contributed by atoms with Gasteiger partial charge in [-0.05, 0) is 20.8 Å². The predicted molar refractivity (Wildman–Crippen MR) is 67.3 cm³/mol. The molecule has 0 radical (unpaired) electrons. The fourth-order valence-corrected chi connectivity index (χ4v) is 3.01. The van der Waals surface area contributed by atoms with E-state index in [2.05, 4.69) is 5.10 Å². The number of carboxylic acid groups (broad SMARTS) is 1. The number of nitrogens with zero attached hydrogens (tertiary/aromatic N) is 2. The van der Waals surface area contributed by atoms with Gasteiger partial charge in [-0.15, -0.1) is 0 Å². The second kappa shape index (κ2) is 4.55. The molecule has 0 aliphatic rings. The van der Waals surface area contributed by atoms with Crippen molar-refractivity contribution >= 4 is 27.4 Å². The predicted octanol–water partition coefficient (Wildman–Crippen LogP) is 1.16. The van der Waals surface area contributed by atoms with Crippen molar-refractivity contribution in [1.82, 2.24) is 9.78 Å². The third-order valence-corrected chi connectivity index (χ3v) is 5.77. The summed E-state index contributed by atoms with van der Waals surface area (Å²) in [6.45, 7) is 3.94. The highest BCUT2D eigenvalue weighted by atomic mass is 35.5. The minimum Gasteiger partial charge on any atom is -0.480 e. The van der Waals surface area contributed by atoms with E-state index < -0.39 is 26.3 Å². The lowest BCUT2D eigenvalue weighted by atomic mass is 10.2. The van der Waals surface area contributed by atoms with E-state index in [0.29, 0.717) is 11.3 Å². The molecule has 0 aliphatic heterocycles. The summed E-state index contributed by atoms with van der Waals surface area (Å²) < 4.78 is 23.7. The van der Waals surface area contributed by atoms with Crippen molar-refractivity contribution in [2.24, 2.45) is 7.05 Å². The lowest BCUT2D eigenvalue weighted by Crippen LogP contribution is -2.41. The molecular formula is C10H15ClN2O4S. The first-order valence-corrected chi connectivity index (χ1v) is 7.17. The molecular weight excluding hydrogens is 280 g/mol. The molecule has 0 aromatic carbocycles. The van der Waals surface area contributed by atoms with Gasteiger partial charge in [0.2, 0.25) is 0 Å². The maximum atomic E-state index is 12.1. The van der Waals surface area contributed by atoms with E-state index in [-0.39, 0.29) is 5.15 Å². The molecule has 1 heterocycles. The highest BCUT2D eigenvalue weighted by Crippen LogP contribution is 2.27. The fraction of sp³-hybridized carbons (Fsp3) is 0.600. The maximum Gasteiger partial charge on any atom is 0.324 e. The number of carboxylic acids is 1. The van der Waals surface area contributed by atoms with Crippen molar-refractivity contribution in [1.29, 1.82) is 0 Å². The largest absolute Gasteiger partial charge is 0.480 e. The molecule has 0 spiro atoms. The standard InChI is InChI=1S/C10H15ClN2O4S/c1-6-7(8(11)13(4)12-6)5-18(16,17)10(2,3)9(14)15/h5H2,1-4H3,(H,14,15). The van der Waals surface area contributed by atoms with Gasteiger partial charge in [0, 0.05) is 12.6 Å². The van der Waals surface area contributed by atoms with E-state index in [1.807, 2.05) is 0 Å². The maximum absolute atomic E-state index is 12.1. The Kier molecular flexibility index (Phi) is 3.78. The zero-order valence-electron chi connectivity index (χ0n) is 10.6. The van der Waals surface area contributed by atoms with Crippen LogP contribution in [0.2, 0.25) is 5.15 Å². The zero-order valence-corrected chi connectivity index (χ0v) is 12.1. The molecule has 0 aliphatic carbocycles. The van der Waals surface area contributed by atoms with Crippen LogP contribution in [0.25, 0.3) is 0 Å². The van der Waals surface area contributed by atoms with Gasteiger partial charge in [0.1, 0.15) is 5.15 Å². The molecule has 0 atom stereocenters. The number of hydrogen-bond donors (Lipinski definition) is 1. The molecule has 18 heavy (non-hydrogen) atoms. The molecule has 102 valence electrons. The van der Waals surface area contributed by atoms with Crippen LogP contribution < -0.4 is 0 Å². The molecule has 0 fully saturated rings. The van der Waals surface area contributed by atoms with Crippen LogP contribution in [-0.4, -0.2) is 34.0 Å². The topological polar surface area (TPSA) is 89.3 Å². The summed E-state index contributed by atoms with van der Waals surface area (Å²) in [5, 5.41) is 13.2. The second-order valence-corrected chi connectivity index (χ2v) is 7.45. The van der Waals surface area contributed by atoms with Crippen LogP contribution in [0.4, 0.5) is 0 Å². The average molecular weight is 295 g/mol. The highest BCUT2D eigenvalue weighted by molar-refractivity contribution is 7.92. The van der Waals surface area contributed by atoms with E-state index >= 15 is 0 Å². The lowest BCUT2D eigenvalue weighted by Gasteiger charge is -2.19. The number of aromatic nitrogens is 2. The molecule has 1 rings (SSSR count). The van der Waals surface area contributed by atoms with Crippen molar-refractivity contribution in [2.75, 3.05) is 0 Å². The Morgan fingerprint density at radius 3 is 2.33 bits per heavy atom. The summed E-state index contributed by atoms with van der Waals surface area (Å²) in [5.41, 5.74) is 0.820. The number of rotatable bonds is 4. The van der Waals surface area contributed by atoms with Crippen LogP contribution in [0.3, 0.4) is 0 Å². The van der Waals surface area contributed by atoms with Crippen LogP contribution in [0.5, 0.6) is 0 Å². The zero-order chi connectivity index (χ0) is 14.3. The van der Waals surface area contributed by atoms with Gasteiger partial charge in [-0.25, -0.2) is 8.42 Å².